The zero-order chi connectivity index (χ0) is 13.4. The number of aromatic nitrogens is 2. The van der Waals surface area contributed by atoms with E-state index in [2.05, 4.69) is 17.1 Å². The minimum Gasteiger partial charge on any atom is -0.469 e. The van der Waals surface area contributed by atoms with Crippen LogP contribution in [0, 0.1) is 6.92 Å². The Morgan fingerprint density at radius 1 is 1.37 bits per heavy atom. The summed E-state index contributed by atoms with van der Waals surface area (Å²) in [4.78, 5) is 5.58. The second-order valence-corrected chi connectivity index (χ2v) is 5.33. The second kappa shape index (κ2) is 4.55. The Labute approximate surface area is 114 Å². The SMILES string of the molecule is CCc1cc(-c2nc(-c3ccoc3C)no2)c(N)s1. The van der Waals surface area contributed by atoms with Crippen molar-refractivity contribution < 1.29 is 8.94 Å². The number of furan rings is 1. The maximum Gasteiger partial charge on any atom is 0.261 e. The van der Waals surface area contributed by atoms with E-state index in [1.54, 1.807) is 17.6 Å². The van der Waals surface area contributed by atoms with Crippen molar-refractivity contribution in [2.45, 2.75) is 20.3 Å². The van der Waals surface area contributed by atoms with Gasteiger partial charge in [0.1, 0.15) is 5.76 Å². The molecule has 0 aliphatic rings. The van der Waals surface area contributed by atoms with Crippen molar-refractivity contribution in [2.75, 3.05) is 5.73 Å². The van der Waals surface area contributed by atoms with E-state index in [1.165, 1.54) is 4.88 Å². The van der Waals surface area contributed by atoms with Gasteiger partial charge in [0, 0.05) is 4.88 Å². The second-order valence-electron chi connectivity index (χ2n) is 4.16. The highest BCUT2D eigenvalue weighted by atomic mass is 32.1. The molecule has 0 aliphatic heterocycles. The topological polar surface area (TPSA) is 78.1 Å². The average molecular weight is 275 g/mol. The molecule has 3 aromatic rings. The van der Waals surface area contributed by atoms with Gasteiger partial charge in [0.05, 0.1) is 22.4 Å². The average Bonchev–Trinajstić information content (AvgIpc) is 3.07. The lowest BCUT2D eigenvalue weighted by Gasteiger charge is -1.89. The van der Waals surface area contributed by atoms with Gasteiger partial charge in [-0.25, -0.2) is 0 Å². The van der Waals surface area contributed by atoms with Crippen LogP contribution in [0.3, 0.4) is 0 Å². The van der Waals surface area contributed by atoms with Crippen molar-refractivity contribution in [1.29, 1.82) is 0 Å². The smallest absolute Gasteiger partial charge is 0.261 e. The van der Waals surface area contributed by atoms with Crippen molar-refractivity contribution >= 4 is 16.3 Å². The van der Waals surface area contributed by atoms with Gasteiger partial charge < -0.3 is 14.7 Å². The summed E-state index contributed by atoms with van der Waals surface area (Å²) in [6.45, 7) is 3.95. The molecule has 0 spiro atoms. The fraction of sp³-hybridized carbons (Fsp3) is 0.231. The summed E-state index contributed by atoms with van der Waals surface area (Å²) in [6, 6.07) is 3.82. The number of hydrogen-bond acceptors (Lipinski definition) is 6. The van der Waals surface area contributed by atoms with Crippen molar-refractivity contribution in [3.05, 3.63) is 29.0 Å². The van der Waals surface area contributed by atoms with E-state index in [0.29, 0.717) is 16.7 Å². The van der Waals surface area contributed by atoms with Gasteiger partial charge in [-0.1, -0.05) is 12.1 Å². The first-order valence-electron chi connectivity index (χ1n) is 5.95. The quantitative estimate of drug-likeness (QED) is 0.791. The monoisotopic (exact) mass is 275 g/mol. The highest BCUT2D eigenvalue weighted by Crippen LogP contribution is 2.34. The van der Waals surface area contributed by atoms with Crippen LogP contribution in [0.2, 0.25) is 0 Å². The third kappa shape index (κ3) is 2.04. The number of rotatable bonds is 3. The van der Waals surface area contributed by atoms with Crippen molar-refractivity contribution in [3.63, 3.8) is 0 Å². The summed E-state index contributed by atoms with van der Waals surface area (Å²) in [7, 11) is 0. The van der Waals surface area contributed by atoms with Crippen LogP contribution in [0.4, 0.5) is 5.00 Å². The van der Waals surface area contributed by atoms with Crippen molar-refractivity contribution in [1.82, 2.24) is 10.1 Å². The summed E-state index contributed by atoms with van der Waals surface area (Å²) >= 11 is 1.55. The van der Waals surface area contributed by atoms with Gasteiger partial charge in [-0.05, 0) is 25.5 Å². The van der Waals surface area contributed by atoms with Crippen molar-refractivity contribution in [2.24, 2.45) is 0 Å². The number of hydrogen-bond donors (Lipinski definition) is 1. The zero-order valence-electron chi connectivity index (χ0n) is 10.6. The lowest BCUT2D eigenvalue weighted by Crippen LogP contribution is -1.84. The van der Waals surface area contributed by atoms with E-state index in [4.69, 9.17) is 14.7 Å². The molecule has 0 unspecified atom stereocenters. The Balaban J connectivity index is 2.01. The van der Waals surface area contributed by atoms with Crippen LogP contribution in [-0.4, -0.2) is 10.1 Å². The van der Waals surface area contributed by atoms with E-state index < -0.39 is 0 Å². The predicted octanol–water partition coefficient (Wildman–Crippen LogP) is 3.51. The molecule has 0 radical (unpaired) electrons. The van der Waals surface area contributed by atoms with Gasteiger partial charge in [0.15, 0.2) is 0 Å². The fourth-order valence-corrected chi connectivity index (χ4v) is 2.72. The standard InChI is InChI=1S/C13H13N3O2S/c1-3-8-6-10(11(14)19-8)13-15-12(16-18-13)9-4-5-17-7(9)2/h4-6H,3,14H2,1-2H3. The van der Waals surface area contributed by atoms with Crippen LogP contribution in [0.1, 0.15) is 17.6 Å². The minimum absolute atomic E-state index is 0.448. The van der Waals surface area contributed by atoms with Gasteiger partial charge in [-0.3, -0.25) is 0 Å². The summed E-state index contributed by atoms with van der Waals surface area (Å²) < 4.78 is 10.5. The molecule has 2 N–H and O–H groups in total. The number of nitrogen functional groups attached to an aromatic ring is 1. The van der Waals surface area contributed by atoms with E-state index >= 15 is 0 Å². The van der Waals surface area contributed by atoms with E-state index in [9.17, 15) is 0 Å². The number of nitrogens with zero attached hydrogens (tertiary/aromatic N) is 2. The molecule has 6 heteroatoms. The molecule has 0 amide bonds. The Bertz CT molecular complexity index is 711. The maximum absolute atomic E-state index is 5.98. The first kappa shape index (κ1) is 12.0. The Hall–Kier alpha value is -2.08. The van der Waals surface area contributed by atoms with Crippen LogP contribution in [-0.2, 0) is 6.42 Å². The Kier molecular flexibility index (Phi) is 2.87. The Morgan fingerprint density at radius 3 is 2.84 bits per heavy atom. The number of aryl methyl sites for hydroxylation is 2. The van der Waals surface area contributed by atoms with E-state index in [-0.39, 0.29) is 0 Å². The zero-order valence-corrected chi connectivity index (χ0v) is 11.5. The van der Waals surface area contributed by atoms with Crippen LogP contribution in [0.15, 0.2) is 27.3 Å². The first-order chi connectivity index (χ1) is 9.19. The molecule has 3 aromatic heterocycles. The molecular formula is C13H13N3O2S. The van der Waals surface area contributed by atoms with Gasteiger partial charge in [-0.15, -0.1) is 11.3 Å². The summed E-state index contributed by atoms with van der Waals surface area (Å²) in [5, 5.41) is 4.68. The van der Waals surface area contributed by atoms with E-state index in [0.717, 1.165) is 23.3 Å². The van der Waals surface area contributed by atoms with Crippen LogP contribution >= 0.6 is 11.3 Å². The molecule has 3 heterocycles. The molecular weight excluding hydrogens is 262 g/mol. The number of anilines is 1. The van der Waals surface area contributed by atoms with Gasteiger partial charge in [0.25, 0.3) is 5.89 Å². The molecule has 0 saturated carbocycles. The van der Waals surface area contributed by atoms with Crippen molar-refractivity contribution in [3.8, 4) is 22.8 Å². The summed E-state index contributed by atoms with van der Waals surface area (Å²) in [6.07, 6.45) is 2.55. The molecule has 19 heavy (non-hydrogen) atoms. The number of nitrogens with two attached hydrogens (primary N) is 1. The first-order valence-corrected chi connectivity index (χ1v) is 6.77. The molecule has 3 rings (SSSR count). The predicted molar refractivity (Wildman–Crippen MR) is 73.8 cm³/mol. The lowest BCUT2D eigenvalue weighted by molar-refractivity contribution is 0.432. The molecule has 0 saturated heterocycles. The highest BCUT2D eigenvalue weighted by molar-refractivity contribution is 7.16. The molecule has 5 nitrogen and oxygen atoms in total. The summed E-state index contributed by atoms with van der Waals surface area (Å²) in [5.41, 5.74) is 7.62. The third-order valence-corrected chi connectivity index (χ3v) is 4.02. The van der Waals surface area contributed by atoms with Crippen LogP contribution in [0.25, 0.3) is 22.8 Å². The normalized spacial score (nSPS) is 11.1. The molecule has 0 atom stereocenters. The largest absolute Gasteiger partial charge is 0.469 e. The maximum atomic E-state index is 5.98. The van der Waals surface area contributed by atoms with Gasteiger partial charge in [0.2, 0.25) is 5.82 Å². The molecule has 98 valence electrons. The highest BCUT2D eigenvalue weighted by Gasteiger charge is 2.17. The minimum atomic E-state index is 0.448. The molecule has 0 aliphatic carbocycles. The molecule has 0 aromatic carbocycles. The Morgan fingerprint density at radius 2 is 2.21 bits per heavy atom. The van der Waals surface area contributed by atoms with Crippen LogP contribution in [0.5, 0.6) is 0 Å². The molecule has 0 fully saturated rings. The summed E-state index contributed by atoms with van der Waals surface area (Å²) in [5.74, 6) is 1.73. The van der Waals surface area contributed by atoms with Gasteiger partial charge >= 0.3 is 0 Å². The van der Waals surface area contributed by atoms with Crippen LogP contribution < -0.4 is 5.73 Å². The lowest BCUT2D eigenvalue weighted by atomic mass is 10.2. The molecule has 0 bridgehead atoms. The van der Waals surface area contributed by atoms with Gasteiger partial charge in [-0.2, -0.15) is 4.98 Å². The third-order valence-electron chi connectivity index (χ3n) is 2.92. The fourth-order valence-electron chi connectivity index (χ4n) is 1.86. The number of thiophene rings is 1. The van der Waals surface area contributed by atoms with E-state index in [1.807, 2.05) is 19.1 Å².